The van der Waals surface area contributed by atoms with E-state index in [1.807, 2.05) is 0 Å². The van der Waals surface area contributed by atoms with Crippen LogP contribution in [0.5, 0.6) is 0 Å². The Bertz CT molecular complexity index is 2990. The van der Waals surface area contributed by atoms with Crippen molar-refractivity contribution in [2.75, 3.05) is 0 Å². The Kier molecular flexibility index (Phi) is 7.49. The lowest BCUT2D eigenvalue weighted by Crippen LogP contribution is -2.00. The highest BCUT2D eigenvalue weighted by molar-refractivity contribution is 6.10. The van der Waals surface area contributed by atoms with Crippen LogP contribution in [-0.4, -0.2) is 14.1 Å². The second kappa shape index (κ2) is 13.1. The summed E-state index contributed by atoms with van der Waals surface area (Å²) in [5.74, 6) is 0. The number of nitrogens with zero attached hydrogens (tertiary/aromatic N) is 3. The number of benzene rings is 8. The monoisotopic (exact) mass is 713 g/mol. The number of pyridine rings is 1. The van der Waals surface area contributed by atoms with E-state index in [2.05, 4.69) is 221 Å². The van der Waals surface area contributed by atoms with Crippen molar-refractivity contribution in [3.63, 3.8) is 0 Å². The normalized spacial score (nSPS) is 11.6. The van der Waals surface area contributed by atoms with Crippen molar-refractivity contribution < 1.29 is 0 Å². The van der Waals surface area contributed by atoms with E-state index in [4.69, 9.17) is 4.98 Å². The van der Waals surface area contributed by atoms with Crippen LogP contribution in [0, 0.1) is 0 Å². The van der Waals surface area contributed by atoms with Crippen LogP contribution in [0.3, 0.4) is 0 Å². The second-order valence-electron chi connectivity index (χ2n) is 14.4. The van der Waals surface area contributed by atoms with E-state index in [0.717, 1.165) is 45.0 Å². The van der Waals surface area contributed by atoms with Crippen molar-refractivity contribution in [1.29, 1.82) is 0 Å². The second-order valence-corrected chi connectivity index (χ2v) is 14.4. The predicted molar refractivity (Wildman–Crippen MR) is 235 cm³/mol. The molecule has 0 saturated heterocycles. The number of hydrogen-bond acceptors (Lipinski definition) is 1. The zero-order valence-electron chi connectivity index (χ0n) is 30.5. The van der Waals surface area contributed by atoms with Gasteiger partial charge in [0.15, 0.2) is 0 Å². The number of para-hydroxylation sites is 4. The van der Waals surface area contributed by atoms with Gasteiger partial charge in [-0.05, 0) is 76.9 Å². The standard InChI is InChI=1S/C53H35N3/c1-3-15-36(16-4-1)37-27-29-39(30-28-37)49-34-41(33-48(54-49)38-17-5-2-6-18-38)40-31-42(55-50-23-11-7-19-44(50)45-20-8-12-24-51(45)55)35-43(32-40)56-52-25-13-9-21-46(52)47-22-10-14-26-53(47)56/h1-35H. The van der Waals surface area contributed by atoms with Crippen LogP contribution in [0.15, 0.2) is 212 Å². The van der Waals surface area contributed by atoms with Gasteiger partial charge in [0, 0.05) is 44.0 Å². The van der Waals surface area contributed by atoms with E-state index in [1.165, 1.54) is 54.7 Å². The lowest BCUT2D eigenvalue weighted by Gasteiger charge is -2.17. The summed E-state index contributed by atoms with van der Waals surface area (Å²) in [6.45, 7) is 0. The van der Waals surface area contributed by atoms with E-state index in [9.17, 15) is 0 Å². The maximum absolute atomic E-state index is 5.30. The minimum absolute atomic E-state index is 0.932. The molecule has 11 rings (SSSR count). The van der Waals surface area contributed by atoms with Crippen molar-refractivity contribution in [3.05, 3.63) is 212 Å². The highest BCUT2D eigenvalue weighted by Gasteiger charge is 2.18. The molecule has 0 saturated carbocycles. The minimum Gasteiger partial charge on any atom is -0.309 e. The Morgan fingerprint density at radius 2 is 0.571 bits per heavy atom. The van der Waals surface area contributed by atoms with Crippen LogP contribution in [0.2, 0.25) is 0 Å². The summed E-state index contributed by atoms with van der Waals surface area (Å²) >= 11 is 0. The summed E-state index contributed by atoms with van der Waals surface area (Å²) in [5, 5.41) is 4.96. The van der Waals surface area contributed by atoms with Gasteiger partial charge in [-0.2, -0.15) is 0 Å². The molecule has 3 heteroatoms. The van der Waals surface area contributed by atoms with Crippen LogP contribution in [0.25, 0.3) is 99.8 Å². The topological polar surface area (TPSA) is 22.8 Å². The molecule has 56 heavy (non-hydrogen) atoms. The molecule has 3 nitrogen and oxygen atoms in total. The minimum atomic E-state index is 0.932. The summed E-state index contributed by atoms with van der Waals surface area (Å²) < 4.78 is 4.85. The fourth-order valence-electron chi connectivity index (χ4n) is 8.49. The van der Waals surface area contributed by atoms with Crippen LogP contribution >= 0.6 is 0 Å². The molecular weight excluding hydrogens is 679 g/mol. The fourth-order valence-corrected chi connectivity index (χ4v) is 8.49. The molecular formula is C53H35N3. The van der Waals surface area contributed by atoms with Gasteiger partial charge in [0.2, 0.25) is 0 Å². The highest BCUT2D eigenvalue weighted by Crippen LogP contribution is 2.39. The first kappa shape index (κ1) is 32.0. The van der Waals surface area contributed by atoms with Gasteiger partial charge < -0.3 is 9.13 Å². The van der Waals surface area contributed by atoms with Crippen molar-refractivity contribution in [1.82, 2.24) is 14.1 Å². The molecule has 0 fully saturated rings. The zero-order chi connectivity index (χ0) is 37.0. The van der Waals surface area contributed by atoms with E-state index in [-0.39, 0.29) is 0 Å². The molecule has 11 aromatic rings. The van der Waals surface area contributed by atoms with Crippen molar-refractivity contribution >= 4 is 43.6 Å². The smallest absolute Gasteiger partial charge is 0.0715 e. The van der Waals surface area contributed by atoms with Crippen LogP contribution in [0.1, 0.15) is 0 Å². The van der Waals surface area contributed by atoms with Crippen LogP contribution in [-0.2, 0) is 0 Å². The van der Waals surface area contributed by atoms with Crippen LogP contribution in [0.4, 0.5) is 0 Å². The molecule has 0 unspecified atom stereocenters. The summed E-state index contributed by atoms with van der Waals surface area (Å²) in [4.78, 5) is 5.30. The zero-order valence-corrected chi connectivity index (χ0v) is 30.5. The van der Waals surface area contributed by atoms with Gasteiger partial charge in [-0.25, -0.2) is 4.98 Å². The Labute approximate surface area is 325 Å². The first-order valence-electron chi connectivity index (χ1n) is 19.1. The van der Waals surface area contributed by atoms with Gasteiger partial charge >= 0.3 is 0 Å². The number of hydrogen-bond donors (Lipinski definition) is 0. The van der Waals surface area contributed by atoms with Gasteiger partial charge in [0.25, 0.3) is 0 Å². The first-order chi connectivity index (χ1) is 27.8. The third-order valence-electron chi connectivity index (χ3n) is 11.1. The lowest BCUT2D eigenvalue weighted by molar-refractivity contribution is 1.13. The number of rotatable bonds is 6. The maximum Gasteiger partial charge on any atom is 0.0715 e. The summed E-state index contributed by atoms with van der Waals surface area (Å²) in [6.07, 6.45) is 0. The molecule has 0 N–H and O–H groups in total. The lowest BCUT2D eigenvalue weighted by atomic mass is 9.97. The van der Waals surface area contributed by atoms with Gasteiger partial charge in [0.05, 0.1) is 33.5 Å². The maximum atomic E-state index is 5.30. The SMILES string of the molecule is c1ccc(-c2ccc(-c3cc(-c4cc(-n5c6ccccc6c6ccccc65)cc(-n5c6ccccc6c6ccccc65)c4)cc(-c4ccccc4)n3)cc2)cc1. The third kappa shape index (κ3) is 5.32. The molecule has 262 valence electrons. The molecule has 3 heterocycles. The van der Waals surface area contributed by atoms with Crippen molar-refractivity contribution in [3.8, 4) is 56.1 Å². The molecule has 0 spiro atoms. The van der Waals surface area contributed by atoms with Gasteiger partial charge in [-0.1, -0.05) is 158 Å². The molecule has 0 aliphatic carbocycles. The number of aromatic nitrogens is 3. The Hall–Kier alpha value is -7.49. The number of fused-ring (bicyclic) bond motifs is 6. The largest absolute Gasteiger partial charge is 0.309 e. The quantitative estimate of drug-likeness (QED) is 0.168. The Morgan fingerprint density at radius 1 is 0.250 bits per heavy atom. The molecule has 0 atom stereocenters. The molecule has 0 amide bonds. The van der Waals surface area contributed by atoms with E-state index < -0.39 is 0 Å². The molecule has 0 radical (unpaired) electrons. The van der Waals surface area contributed by atoms with Gasteiger partial charge in [-0.15, -0.1) is 0 Å². The van der Waals surface area contributed by atoms with Crippen molar-refractivity contribution in [2.45, 2.75) is 0 Å². The predicted octanol–water partition coefficient (Wildman–Crippen LogP) is 13.9. The van der Waals surface area contributed by atoms with E-state index in [1.54, 1.807) is 0 Å². The Balaban J connectivity index is 1.19. The first-order valence-corrected chi connectivity index (χ1v) is 19.1. The van der Waals surface area contributed by atoms with Crippen LogP contribution < -0.4 is 0 Å². The summed E-state index contributed by atoms with van der Waals surface area (Å²) in [7, 11) is 0. The highest BCUT2D eigenvalue weighted by atomic mass is 15.0. The molecule has 3 aromatic heterocycles. The average molecular weight is 714 g/mol. The van der Waals surface area contributed by atoms with Gasteiger partial charge in [-0.3, -0.25) is 0 Å². The Morgan fingerprint density at radius 3 is 1.02 bits per heavy atom. The molecule has 0 aliphatic heterocycles. The molecule has 0 bridgehead atoms. The van der Waals surface area contributed by atoms with E-state index >= 15 is 0 Å². The van der Waals surface area contributed by atoms with Gasteiger partial charge in [0.1, 0.15) is 0 Å². The van der Waals surface area contributed by atoms with Crippen molar-refractivity contribution in [2.24, 2.45) is 0 Å². The molecule has 8 aromatic carbocycles. The summed E-state index contributed by atoms with van der Waals surface area (Å²) in [6, 6.07) is 76.4. The summed E-state index contributed by atoms with van der Waals surface area (Å²) in [5.41, 5.74) is 15.5. The average Bonchev–Trinajstić information content (AvgIpc) is 3.80. The third-order valence-corrected chi connectivity index (χ3v) is 11.1. The van der Waals surface area contributed by atoms with E-state index in [0.29, 0.717) is 0 Å². The fraction of sp³-hybridized carbons (Fsp3) is 0. The molecule has 0 aliphatic rings.